The van der Waals surface area contributed by atoms with E-state index in [4.69, 9.17) is 25.8 Å². The van der Waals surface area contributed by atoms with Crippen LogP contribution >= 0.6 is 11.6 Å². The predicted octanol–water partition coefficient (Wildman–Crippen LogP) is 6.22. The van der Waals surface area contributed by atoms with Crippen molar-refractivity contribution in [2.24, 2.45) is 0 Å². The van der Waals surface area contributed by atoms with Crippen molar-refractivity contribution in [3.63, 3.8) is 0 Å². The normalized spacial score (nSPS) is 12.7. The highest BCUT2D eigenvalue weighted by Crippen LogP contribution is 2.17. The second-order valence-corrected chi connectivity index (χ2v) is 7.42. The van der Waals surface area contributed by atoms with Crippen LogP contribution in [0, 0.1) is 0 Å². The topological polar surface area (TPSA) is 61.8 Å². The second-order valence-electron chi connectivity index (χ2n) is 6.99. The lowest BCUT2D eigenvalue weighted by molar-refractivity contribution is 0.0124. The monoisotopic (exact) mass is 418 g/mol. The van der Waals surface area contributed by atoms with E-state index < -0.39 is 24.3 Å². The number of esters is 1. The summed E-state index contributed by atoms with van der Waals surface area (Å²) < 4.78 is 15.7. The van der Waals surface area contributed by atoms with Gasteiger partial charge < -0.3 is 14.2 Å². The molecule has 2 rings (SSSR count). The minimum atomic E-state index is -0.819. The number of benzene rings is 2. The molecule has 2 aromatic rings. The first kappa shape index (κ1) is 22.8. The molecular formula is C23H27ClO5. The van der Waals surface area contributed by atoms with Gasteiger partial charge >= 0.3 is 12.1 Å². The molecule has 0 amide bonds. The van der Waals surface area contributed by atoms with E-state index >= 15 is 0 Å². The summed E-state index contributed by atoms with van der Waals surface area (Å²) in [4.78, 5) is 24.1. The molecule has 0 radical (unpaired) electrons. The summed E-state index contributed by atoms with van der Waals surface area (Å²) in [6, 6.07) is 13.9. The van der Waals surface area contributed by atoms with Gasteiger partial charge in [0.15, 0.2) is 0 Å². The number of carbonyl (C=O) groups is 2. The average Bonchev–Trinajstić information content (AvgIpc) is 2.68. The Labute approximate surface area is 176 Å². The molecule has 2 atom stereocenters. The molecule has 5 nitrogen and oxygen atoms in total. The zero-order valence-corrected chi connectivity index (χ0v) is 17.8. The zero-order chi connectivity index (χ0) is 21.2. The van der Waals surface area contributed by atoms with Gasteiger partial charge in [-0.1, -0.05) is 37.1 Å². The van der Waals surface area contributed by atoms with Crippen LogP contribution in [0.4, 0.5) is 4.79 Å². The molecule has 0 saturated heterocycles. The molecule has 0 heterocycles. The first-order chi connectivity index (χ1) is 13.9. The molecule has 0 spiro atoms. The summed E-state index contributed by atoms with van der Waals surface area (Å²) in [7, 11) is 0. The average molecular weight is 419 g/mol. The van der Waals surface area contributed by atoms with Crippen molar-refractivity contribution in [3.8, 4) is 5.75 Å². The van der Waals surface area contributed by atoms with Crippen molar-refractivity contribution >= 4 is 23.7 Å². The SMILES string of the molecule is CCCCc1ccc(C(=O)OC(C)CC(C)OC(=O)Oc2ccc(Cl)cc2)cc1. The van der Waals surface area contributed by atoms with E-state index in [9.17, 15) is 9.59 Å². The molecule has 0 fully saturated rings. The third kappa shape index (κ3) is 8.16. The Hall–Kier alpha value is -2.53. The van der Waals surface area contributed by atoms with Gasteiger partial charge in [0.2, 0.25) is 0 Å². The van der Waals surface area contributed by atoms with Gasteiger partial charge in [-0.05, 0) is 68.7 Å². The number of halogens is 1. The van der Waals surface area contributed by atoms with E-state index in [0.717, 1.165) is 19.3 Å². The number of unbranched alkanes of at least 4 members (excludes halogenated alkanes) is 1. The lowest BCUT2D eigenvalue weighted by Gasteiger charge is -2.18. The number of ether oxygens (including phenoxy) is 3. The smallest absolute Gasteiger partial charge is 0.459 e. The summed E-state index contributed by atoms with van der Waals surface area (Å²) in [5, 5.41) is 0.547. The van der Waals surface area contributed by atoms with Crippen LogP contribution in [0.3, 0.4) is 0 Å². The Morgan fingerprint density at radius 3 is 2.17 bits per heavy atom. The van der Waals surface area contributed by atoms with Gasteiger partial charge in [-0.2, -0.15) is 0 Å². The Morgan fingerprint density at radius 1 is 0.931 bits per heavy atom. The number of hydrogen-bond donors (Lipinski definition) is 0. The van der Waals surface area contributed by atoms with Gasteiger partial charge in [-0.15, -0.1) is 0 Å². The van der Waals surface area contributed by atoms with Crippen molar-refractivity contribution in [1.29, 1.82) is 0 Å². The molecule has 6 heteroatoms. The highest BCUT2D eigenvalue weighted by Gasteiger charge is 2.18. The summed E-state index contributed by atoms with van der Waals surface area (Å²) in [5.41, 5.74) is 1.71. The minimum Gasteiger partial charge on any atom is -0.459 e. The maximum Gasteiger partial charge on any atom is 0.514 e. The van der Waals surface area contributed by atoms with Crippen molar-refractivity contribution in [2.75, 3.05) is 0 Å². The van der Waals surface area contributed by atoms with Gasteiger partial charge in [0.05, 0.1) is 5.56 Å². The van der Waals surface area contributed by atoms with Crippen molar-refractivity contribution < 1.29 is 23.8 Å². The Bertz CT molecular complexity index is 786. The molecule has 0 aliphatic rings. The number of hydrogen-bond acceptors (Lipinski definition) is 5. The fourth-order valence-corrected chi connectivity index (χ4v) is 2.92. The highest BCUT2D eigenvalue weighted by molar-refractivity contribution is 6.30. The summed E-state index contributed by atoms with van der Waals surface area (Å²) in [6.07, 6.45) is 1.91. The van der Waals surface area contributed by atoms with Crippen LogP contribution in [-0.2, 0) is 15.9 Å². The molecule has 0 aromatic heterocycles. The maximum atomic E-state index is 12.3. The van der Waals surface area contributed by atoms with Crippen LogP contribution in [0.15, 0.2) is 48.5 Å². The molecule has 0 saturated carbocycles. The van der Waals surface area contributed by atoms with E-state index in [1.54, 1.807) is 50.2 Å². The third-order valence-corrected chi connectivity index (χ3v) is 4.54. The van der Waals surface area contributed by atoms with E-state index in [-0.39, 0.29) is 0 Å². The zero-order valence-electron chi connectivity index (χ0n) is 17.0. The van der Waals surface area contributed by atoms with E-state index in [2.05, 4.69) is 6.92 Å². The first-order valence-corrected chi connectivity index (χ1v) is 10.2. The van der Waals surface area contributed by atoms with E-state index in [1.165, 1.54) is 5.56 Å². The van der Waals surface area contributed by atoms with Gasteiger partial charge in [0.25, 0.3) is 0 Å². The van der Waals surface area contributed by atoms with Crippen molar-refractivity contribution in [1.82, 2.24) is 0 Å². The van der Waals surface area contributed by atoms with Gasteiger partial charge in [0.1, 0.15) is 18.0 Å². The van der Waals surface area contributed by atoms with E-state index in [1.807, 2.05) is 12.1 Å². The van der Waals surface area contributed by atoms with Crippen LogP contribution < -0.4 is 4.74 Å². The number of aryl methyl sites for hydroxylation is 1. The van der Waals surface area contributed by atoms with Crippen molar-refractivity contribution in [3.05, 3.63) is 64.7 Å². The van der Waals surface area contributed by atoms with Gasteiger partial charge in [-0.25, -0.2) is 9.59 Å². The summed E-state index contributed by atoms with van der Waals surface area (Å²) in [5.74, 6) is -0.0519. The molecule has 0 bridgehead atoms. The molecular weight excluding hydrogens is 392 g/mol. The predicted molar refractivity (Wildman–Crippen MR) is 113 cm³/mol. The molecule has 29 heavy (non-hydrogen) atoms. The van der Waals surface area contributed by atoms with Crippen LogP contribution in [-0.4, -0.2) is 24.3 Å². The Kier molecular flexibility index (Phi) is 9.00. The molecule has 0 aliphatic carbocycles. The van der Waals surface area contributed by atoms with Gasteiger partial charge in [-0.3, -0.25) is 0 Å². The van der Waals surface area contributed by atoms with Crippen LogP contribution in [0.25, 0.3) is 0 Å². The first-order valence-electron chi connectivity index (χ1n) is 9.81. The Balaban J connectivity index is 1.76. The highest BCUT2D eigenvalue weighted by atomic mass is 35.5. The fraction of sp³-hybridized carbons (Fsp3) is 0.391. The number of carbonyl (C=O) groups excluding carboxylic acids is 2. The lowest BCUT2D eigenvalue weighted by Crippen LogP contribution is -2.25. The molecule has 2 unspecified atom stereocenters. The van der Waals surface area contributed by atoms with E-state index in [0.29, 0.717) is 22.8 Å². The van der Waals surface area contributed by atoms with Crippen LogP contribution in [0.1, 0.15) is 56.0 Å². The molecule has 2 aromatic carbocycles. The van der Waals surface area contributed by atoms with Crippen LogP contribution in [0.5, 0.6) is 5.75 Å². The third-order valence-electron chi connectivity index (χ3n) is 4.29. The van der Waals surface area contributed by atoms with Gasteiger partial charge in [0, 0.05) is 11.4 Å². The quantitative estimate of drug-likeness (QED) is 0.357. The summed E-state index contributed by atoms with van der Waals surface area (Å²) >= 11 is 5.79. The lowest BCUT2D eigenvalue weighted by atomic mass is 10.1. The number of rotatable bonds is 9. The van der Waals surface area contributed by atoms with Crippen LogP contribution in [0.2, 0.25) is 5.02 Å². The Morgan fingerprint density at radius 2 is 1.55 bits per heavy atom. The molecule has 156 valence electrons. The molecule has 0 aliphatic heterocycles. The largest absolute Gasteiger partial charge is 0.514 e. The standard InChI is InChI=1S/C23H27ClO5/c1-4-5-6-18-7-9-19(10-8-18)22(25)27-16(2)15-17(3)28-23(26)29-21-13-11-20(24)12-14-21/h7-14,16-17H,4-6,15H2,1-3H3. The second kappa shape index (κ2) is 11.5. The maximum absolute atomic E-state index is 12.3. The van der Waals surface area contributed by atoms with Crippen molar-refractivity contribution in [2.45, 2.75) is 58.7 Å². The fourth-order valence-electron chi connectivity index (χ4n) is 2.79. The summed E-state index contributed by atoms with van der Waals surface area (Å²) in [6.45, 7) is 5.63. The minimum absolute atomic E-state index is 0.341. The molecule has 0 N–H and O–H groups in total.